The van der Waals surface area contributed by atoms with Crippen molar-refractivity contribution in [1.29, 1.82) is 0 Å². The first-order chi connectivity index (χ1) is 9.79. The van der Waals surface area contributed by atoms with E-state index in [0.29, 0.717) is 4.68 Å². The van der Waals surface area contributed by atoms with Crippen LogP contribution in [0.25, 0.3) is 5.69 Å². The van der Waals surface area contributed by atoms with Crippen molar-refractivity contribution in [1.82, 2.24) is 9.78 Å². The van der Waals surface area contributed by atoms with E-state index in [1.807, 2.05) is 0 Å². The second-order valence-electron chi connectivity index (χ2n) is 4.30. The molecule has 0 atom stereocenters. The van der Waals surface area contributed by atoms with Gasteiger partial charge in [0.2, 0.25) is 0 Å². The Balaban J connectivity index is 2.46. The van der Waals surface area contributed by atoms with Gasteiger partial charge in [-0.2, -0.15) is 18.3 Å². The molecule has 0 fully saturated rings. The first kappa shape index (κ1) is 15.0. The van der Waals surface area contributed by atoms with Crippen LogP contribution in [0.1, 0.15) is 17.7 Å². The van der Waals surface area contributed by atoms with Crippen molar-refractivity contribution in [2.45, 2.75) is 19.0 Å². The fourth-order valence-electron chi connectivity index (χ4n) is 1.89. The molecule has 1 N–H and O–H groups in total. The van der Waals surface area contributed by atoms with E-state index >= 15 is 0 Å². The predicted octanol–water partition coefficient (Wildman–Crippen LogP) is 3.05. The van der Waals surface area contributed by atoms with Crippen molar-refractivity contribution in [3.05, 3.63) is 47.5 Å². The minimum absolute atomic E-state index is 0.0466. The van der Waals surface area contributed by atoms with E-state index in [2.05, 4.69) is 5.10 Å². The number of aryl methyl sites for hydroxylation is 1. The molecule has 8 heteroatoms. The molecule has 1 aromatic heterocycles. The highest BCUT2D eigenvalue weighted by molar-refractivity contribution is 5.67. The lowest BCUT2D eigenvalue weighted by molar-refractivity contribution is -0.144. The molecule has 2 aromatic rings. The zero-order valence-corrected chi connectivity index (χ0v) is 10.6. The molecule has 4 nitrogen and oxygen atoms in total. The van der Waals surface area contributed by atoms with E-state index in [-0.39, 0.29) is 17.7 Å². The zero-order valence-electron chi connectivity index (χ0n) is 10.6. The van der Waals surface area contributed by atoms with E-state index in [1.54, 1.807) is 0 Å². The first-order valence-electron chi connectivity index (χ1n) is 5.91. The number of carbonyl (C=O) groups is 1. The largest absolute Gasteiger partial charge is 0.481 e. The van der Waals surface area contributed by atoms with Gasteiger partial charge in [0.05, 0.1) is 11.9 Å². The molecule has 0 radical (unpaired) electrons. The Bertz CT molecular complexity index is 647. The smallest absolute Gasteiger partial charge is 0.433 e. The van der Waals surface area contributed by atoms with Crippen molar-refractivity contribution in [3.8, 4) is 5.69 Å². The Morgan fingerprint density at radius 3 is 2.38 bits per heavy atom. The van der Waals surface area contributed by atoms with Crippen molar-refractivity contribution < 1.29 is 27.5 Å². The molecular weight excluding hydrogens is 292 g/mol. The van der Waals surface area contributed by atoms with Crippen LogP contribution in [0.5, 0.6) is 0 Å². The SMILES string of the molecule is O=C(O)CCc1cnn(-c2ccc(F)cc2)c1C(F)(F)F. The van der Waals surface area contributed by atoms with Gasteiger partial charge in [0.15, 0.2) is 5.69 Å². The van der Waals surface area contributed by atoms with Gasteiger partial charge < -0.3 is 5.11 Å². The quantitative estimate of drug-likeness (QED) is 0.883. The van der Waals surface area contributed by atoms with E-state index < -0.39 is 30.1 Å². The lowest BCUT2D eigenvalue weighted by Crippen LogP contribution is -2.16. The second-order valence-corrected chi connectivity index (χ2v) is 4.30. The van der Waals surface area contributed by atoms with E-state index in [4.69, 9.17) is 5.11 Å². The highest BCUT2D eigenvalue weighted by Gasteiger charge is 2.38. The Labute approximate surface area is 116 Å². The van der Waals surface area contributed by atoms with Gasteiger partial charge in [-0.15, -0.1) is 0 Å². The normalized spacial score (nSPS) is 11.6. The summed E-state index contributed by atoms with van der Waals surface area (Å²) in [5, 5.41) is 12.2. The molecule has 0 bridgehead atoms. The summed E-state index contributed by atoms with van der Waals surface area (Å²) in [4.78, 5) is 10.5. The van der Waals surface area contributed by atoms with E-state index in [1.165, 1.54) is 12.1 Å². The summed E-state index contributed by atoms with van der Waals surface area (Å²) in [5.41, 5.74) is -1.21. The van der Waals surface area contributed by atoms with Crippen molar-refractivity contribution in [3.63, 3.8) is 0 Å². The van der Waals surface area contributed by atoms with Gasteiger partial charge in [0.25, 0.3) is 0 Å². The molecule has 0 saturated carbocycles. The molecule has 21 heavy (non-hydrogen) atoms. The molecule has 0 aliphatic carbocycles. The fraction of sp³-hybridized carbons (Fsp3) is 0.231. The number of rotatable bonds is 4. The van der Waals surface area contributed by atoms with Crippen molar-refractivity contribution in [2.24, 2.45) is 0 Å². The number of hydrogen-bond donors (Lipinski definition) is 1. The number of carboxylic acids is 1. The Hall–Kier alpha value is -2.38. The van der Waals surface area contributed by atoms with Crippen LogP contribution < -0.4 is 0 Å². The topological polar surface area (TPSA) is 55.1 Å². The maximum Gasteiger partial charge on any atom is 0.433 e. The lowest BCUT2D eigenvalue weighted by Gasteiger charge is -2.12. The average Bonchev–Trinajstić information content (AvgIpc) is 2.81. The molecule has 0 aliphatic heterocycles. The van der Waals surface area contributed by atoms with Crippen LogP contribution in [0.15, 0.2) is 30.5 Å². The van der Waals surface area contributed by atoms with Crippen LogP contribution >= 0.6 is 0 Å². The van der Waals surface area contributed by atoms with Gasteiger partial charge in [0.1, 0.15) is 5.82 Å². The summed E-state index contributed by atoms with van der Waals surface area (Å²) in [6, 6.07) is 4.37. The Kier molecular flexibility index (Phi) is 3.97. The lowest BCUT2D eigenvalue weighted by atomic mass is 10.1. The third-order valence-corrected chi connectivity index (χ3v) is 2.79. The minimum Gasteiger partial charge on any atom is -0.481 e. The molecule has 0 saturated heterocycles. The molecule has 1 aromatic carbocycles. The zero-order chi connectivity index (χ0) is 15.6. The molecule has 112 valence electrons. The molecule has 0 unspecified atom stereocenters. The third kappa shape index (κ3) is 3.39. The number of carboxylic acid groups (broad SMARTS) is 1. The average molecular weight is 302 g/mol. The minimum atomic E-state index is -4.70. The van der Waals surface area contributed by atoms with Gasteiger partial charge in [0, 0.05) is 12.0 Å². The Morgan fingerprint density at radius 2 is 1.86 bits per heavy atom. The van der Waals surface area contributed by atoms with Crippen molar-refractivity contribution in [2.75, 3.05) is 0 Å². The molecular formula is C13H10F4N2O2. The van der Waals surface area contributed by atoms with Gasteiger partial charge in [-0.25, -0.2) is 9.07 Å². The molecule has 0 spiro atoms. The number of aromatic nitrogens is 2. The third-order valence-electron chi connectivity index (χ3n) is 2.79. The van der Waals surface area contributed by atoms with Crippen LogP contribution in [-0.4, -0.2) is 20.9 Å². The molecule has 2 rings (SSSR count). The van der Waals surface area contributed by atoms with Gasteiger partial charge in [-0.3, -0.25) is 4.79 Å². The number of alkyl halides is 3. The predicted molar refractivity (Wildman–Crippen MR) is 64.5 cm³/mol. The number of halogens is 4. The van der Waals surface area contributed by atoms with Gasteiger partial charge in [-0.05, 0) is 30.7 Å². The van der Waals surface area contributed by atoms with Gasteiger partial charge >= 0.3 is 12.1 Å². The van der Waals surface area contributed by atoms with Crippen LogP contribution in [0.2, 0.25) is 0 Å². The summed E-state index contributed by atoms with van der Waals surface area (Å²) in [6.45, 7) is 0. The number of benzene rings is 1. The number of nitrogens with zero attached hydrogens (tertiary/aromatic N) is 2. The maximum atomic E-state index is 13.1. The standard InChI is InChI=1S/C13H10F4N2O2/c14-9-2-4-10(5-3-9)19-12(13(15,16)17)8(7-18-19)1-6-11(20)21/h2-5,7H,1,6H2,(H,20,21). The summed E-state index contributed by atoms with van der Waals surface area (Å²) in [5.74, 6) is -1.77. The van der Waals surface area contributed by atoms with Crippen LogP contribution in [0, 0.1) is 5.82 Å². The molecule has 0 amide bonds. The van der Waals surface area contributed by atoms with Crippen molar-refractivity contribution >= 4 is 5.97 Å². The summed E-state index contributed by atoms with van der Waals surface area (Å²) in [7, 11) is 0. The molecule has 0 aliphatic rings. The Morgan fingerprint density at radius 1 is 1.24 bits per heavy atom. The van der Waals surface area contributed by atoms with E-state index in [0.717, 1.165) is 18.3 Å². The summed E-state index contributed by atoms with van der Waals surface area (Å²) >= 11 is 0. The summed E-state index contributed by atoms with van der Waals surface area (Å²) < 4.78 is 52.9. The molecule has 1 heterocycles. The van der Waals surface area contributed by atoms with E-state index in [9.17, 15) is 22.4 Å². The highest BCUT2D eigenvalue weighted by Crippen LogP contribution is 2.34. The van der Waals surface area contributed by atoms with Crippen LogP contribution in [-0.2, 0) is 17.4 Å². The van der Waals surface area contributed by atoms with Gasteiger partial charge in [-0.1, -0.05) is 0 Å². The monoisotopic (exact) mass is 302 g/mol. The summed E-state index contributed by atoms with van der Waals surface area (Å²) in [6.07, 6.45) is -4.43. The first-order valence-corrected chi connectivity index (χ1v) is 5.91. The number of hydrogen-bond acceptors (Lipinski definition) is 2. The highest BCUT2D eigenvalue weighted by atomic mass is 19.4. The number of aliphatic carboxylic acids is 1. The fourth-order valence-corrected chi connectivity index (χ4v) is 1.89. The maximum absolute atomic E-state index is 13.1. The van der Waals surface area contributed by atoms with Crippen LogP contribution in [0.4, 0.5) is 17.6 Å². The van der Waals surface area contributed by atoms with Crippen LogP contribution in [0.3, 0.4) is 0 Å². The second kappa shape index (κ2) is 5.55.